The van der Waals surface area contributed by atoms with Crippen LogP contribution in [0.3, 0.4) is 0 Å². The number of aromatic amines is 1. The van der Waals surface area contributed by atoms with Crippen LogP contribution in [0.25, 0.3) is 16.2 Å². The quantitative estimate of drug-likeness (QED) is 0.474. The van der Waals surface area contributed by atoms with Gasteiger partial charge in [0.25, 0.3) is 5.91 Å². The first-order valence-corrected chi connectivity index (χ1v) is 10.6. The molecule has 0 saturated heterocycles. The Labute approximate surface area is 180 Å². The predicted molar refractivity (Wildman–Crippen MR) is 114 cm³/mol. The second kappa shape index (κ2) is 7.10. The van der Waals surface area contributed by atoms with Crippen molar-refractivity contribution in [2.24, 2.45) is 0 Å². The lowest BCUT2D eigenvalue weighted by Crippen LogP contribution is -2.41. The number of H-pyrrole nitrogens is 1. The molecule has 0 aromatic carbocycles. The summed E-state index contributed by atoms with van der Waals surface area (Å²) in [6.45, 7) is 0.533. The molecule has 1 aliphatic rings. The highest BCUT2D eigenvalue weighted by molar-refractivity contribution is 7.16. The van der Waals surface area contributed by atoms with Gasteiger partial charge in [-0.2, -0.15) is 5.10 Å². The Morgan fingerprint density at radius 1 is 1.13 bits per heavy atom. The van der Waals surface area contributed by atoms with Gasteiger partial charge in [-0.05, 0) is 30.3 Å². The second-order valence-corrected chi connectivity index (χ2v) is 8.16. The average Bonchev–Trinajstić information content (AvgIpc) is 3.57. The molecule has 1 aliphatic heterocycles. The molecule has 5 aromatic heterocycles. The summed E-state index contributed by atoms with van der Waals surface area (Å²) in [5, 5.41) is 14.0. The van der Waals surface area contributed by atoms with E-state index in [-0.39, 0.29) is 5.91 Å². The fourth-order valence-corrected chi connectivity index (χ4v) is 4.69. The minimum absolute atomic E-state index is 0.185. The van der Waals surface area contributed by atoms with Crippen LogP contribution in [0, 0.1) is 0 Å². The summed E-state index contributed by atoms with van der Waals surface area (Å²) in [5.74, 6) is -0.185. The third kappa shape index (κ3) is 2.99. The van der Waals surface area contributed by atoms with Crippen molar-refractivity contribution in [1.82, 2.24) is 39.7 Å². The minimum atomic E-state index is -0.399. The van der Waals surface area contributed by atoms with Crippen molar-refractivity contribution >= 4 is 22.8 Å². The molecular weight excluding hydrogens is 412 g/mol. The highest BCUT2D eigenvalue weighted by Gasteiger charge is 2.37. The van der Waals surface area contributed by atoms with Gasteiger partial charge in [0, 0.05) is 31.1 Å². The van der Waals surface area contributed by atoms with Gasteiger partial charge in [0.1, 0.15) is 11.7 Å². The number of nitrogens with zero attached hydrogens (tertiary/aromatic N) is 7. The number of rotatable bonds is 3. The van der Waals surface area contributed by atoms with E-state index in [4.69, 9.17) is 5.10 Å². The zero-order valence-electron chi connectivity index (χ0n) is 16.2. The minimum Gasteiger partial charge on any atom is -0.348 e. The van der Waals surface area contributed by atoms with Gasteiger partial charge >= 0.3 is 0 Å². The molecule has 1 N–H and O–H groups in total. The van der Waals surface area contributed by atoms with Gasteiger partial charge in [-0.15, -0.1) is 10.2 Å². The van der Waals surface area contributed by atoms with E-state index in [1.807, 2.05) is 53.2 Å². The first kappa shape index (κ1) is 17.9. The number of hydrogen-bond donors (Lipinski definition) is 1. The first-order chi connectivity index (χ1) is 15.3. The van der Waals surface area contributed by atoms with E-state index in [1.54, 1.807) is 17.4 Å². The summed E-state index contributed by atoms with van der Waals surface area (Å²) in [6.07, 6.45) is 5.95. The van der Waals surface area contributed by atoms with E-state index in [9.17, 15) is 4.79 Å². The molecule has 9 nitrogen and oxygen atoms in total. The maximum atomic E-state index is 13.5. The molecule has 0 saturated carbocycles. The molecule has 0 unspecified atom stereocenters. The van der Waals surface area contributed by atoms with Crippen LogP contribution in [-0.4, -0.2) is 52.1 Å². The van der Waals surface area contributed by atoms with Crippen LogP contribution < -0.4 is 0 Å². The highest BCUT2D eigenvalue weighted by atomic mass is 32.1. The van der Waals surface area contributed by atoms with Crippen LogP contribution in [0.4, 0.5) is 0 Å². The van der Waals surface area contributed by atoms with Crippen LogP contribution in [0.5, 0.6) is 0 Å². The standard InChI is InChI=1S/C21H16N8OS/c30-21(20-26-25-19(31-20)15-6-1-3-8-22-15)28-10-7-14-17(24-12-23-14)18(28)16-11-13-5-2-4-9-29(13)27-16/h1-6,8-9,11-12,18H,7,10H2,(H,23,24)/t18-/m1/s1. The lowest BCUT2D eigenvalue weighted by Gasteiger charge is -2.33. The lowest BCUT2D eigenvalue weighted by molar-refractivity contribution is 0.0685. The van der Waals surface area contributed by atoms with Crippen LogP contribution in [0.2, 0.25) is 0 Å². The van der Waals surface area contributed by atoms with Crippen LogP contribution >= 0.6 is 11.3 Å². The van der Waals surface area contributed by atoms with Gasteiger partial charge in [-0.25, -0.2) is 9.50 Å². The van der Waals surface area contributed by atoms with Crippen LogP contribution in [0.15, 0.2) is 61.2 Å². The number of nitrogens with one attached hydrogen (secondary N) is 1. The van der Waals surface area contributed by atoms with E-state index in [1.165, 1.54) is 11.3 Å². The monoisotopic (exact) mass is 428 g/mol. The van der Waals surface area contributed by atoms with Gasteiger partial charge in [0.15, 0.2) is 5.01 Å². The maximum Gasteiger partial charge on any atom is 0.285 e. The molecule has 1 amide bonds. The fourth-order valence-electron chi connectivity index (χ4n) is 3.91. The number of carbonyl (C=O) groups excluding carboxylic acids is 1. The molecule has 6 rings (SSSR count). The molecule has 10 heteroatoms. The SMILES string of the molecule is O=C(c1nnc(-c2ccccn2)s1)N1CCc2[nH]cnc2[C@H]1c1cc2ccccn2n1. The highest BCUT2D eigenvalue weighted by Crippen LogP contribution is 2.35. The summed E-state index contributed by atoms with van der Waals surface area (Å²) in [5.41, 5.74) is 4.27. The molecule has 1 atom stereocenters. The molecule has 0 bridgehead atoms. The molecular formula is C21H16N8OS. The summed E-state index contributed by atoms with van der Waals surface area (Å²) in [4.78, 5) is 27.3. The topological polar surface area (TPSA) is 105 Å². The molecule has 0 spiro atoms. The summed E-state index contributed by atoms with van der Waals surface area (Å²) in [6, 6.07) is 13.0. The molecule has 0 aliphatic carbocycles. The number of carbonyl (C=O) groups is 1. The number of aromatic nitrogens is 7. The Balaban J connectivity index is 1.40. The molecule has 0 radical (unpaired) electrons. The second-order valence-electron chi connectivity index (χ2n) is 7.18. The smallest absolute Gasteiger partial charge is 0.285 e. The van der Waals surface area contributed by atoms with Crippen LogP contribution in [-0.2, 0) is 6.42 Å². The number of pyridine rings is 2. The van der Waals surface area contributed by atoms with Crippen molar-refractivity contribution in [3.8, 4) is 10.7 Å². The van der Waals surface area contributed by atoms with Crippen molar-refractivity contribution in [2.75, 3.05) is 6.54 Å². The molecule has 6 heterocycles. The third-order valence-electron chi connectivity index (χ3n) is 5.35. The summed E-state index contributed by atoms with van der Waals surface area (Å²) in [7, 11) is 0. The number of fused-ring (bicyclic) bond motifs is 2. The largest absolute Gasteiger partial charge is 0.348 e. The van der Waals surface area contributed by atoms with Gasteiger partial charge < -0.3 is 9.88 Å². The van der Waals surface area contributed by atoms with Crippen molar-refractivity contribution in [3.63, 3.8) is 0 Å². The van der Waals surface area contributed by atoms with E-state index in [0.29, 0.717) is 28.7 Å². The Morgan fingerprint density at radius 2 is 2.06 bits per heavy atom. The molecule has 152 valence electrons. The van der Waals surface area contributed by atoms with Gasteiger partial charge in [0.05, 0.1) is 23.2 Å². The van der Waals surface area contributed by atoms with Gasteiger partial charge in [-0.3, -0.25) is 9.78 Å². The zero-order chi connectivity index (χ0) is 20.8. The summed E-state index contributed by atoms with van der Waals surface area (Å²) >= 11 is 1.24. The van der Waals surface area contributed by atoms with Crippen molar-refractivity contribution < 1.29 is 4.79 Å². The van der Waals surface area contributed by atoms with Gasteiger partial charge in [-0.1, -0.05) is 23.5 Å². The number of amides is 1. The summed E-state index contributed by atoms with van der Waals surface area (Å²) < 4.78 is 1.81. The predicted octanol–water partition coefficient (Wildman–Crippen LogP) is 2.76. The van der Waals surface area contributed by atoms with Crippen molar-refractivity contribution in [1.29, 1.82) is 0 Å². The van der Waals surface area contributed by atoms with Crippen molar-refractivity contribution in [2.45, 2.75) is 12.5 Å². The fraction of sp³-hybridized carbons (Fsp3) is 0.143. The third-order valence-corrected chi connectivity index (χ3v) is 6.28. The van der Waals surface area contributed by atoms with E-state index in [0.717, 1.165) is 22.6 Å². The maximum absolute atomic E-state index is 13.5. The Kier molecular flexibility index (Phi) is 4.10. The molecule has 0 fully saturated rings. The Hall–Kier alpha value is -3.92. The van der Waals surface area contributed by atoms with E-state index < -0.39 is 6.04 Å². The van der Waals surface area contributed by atoms with Crippen molar-refractivity contribution in [3.05, 3.63) is 83.3 Å². The number of imidazole rings is 1. The Bertz CT molecular complexity index is 1360. The van der Waals surface area contributed by atoms with E-state index >= 15 is 0 Å². The lowest BCUT2D eigenvalue weighted by atomic mass is 9.99. The zero-order valence-corrected chi connectivity index (χ0v) is 17.0. The average molecular weight is 428 g/mol. The number of hydrogen-bond acceptors (Lipinski definition) is 7. The van der Waals surface area contributed by atoms with E-state index in [2.05, 4.69) is 25.1 Å². The van der Waals surface area contributed by atoms with Crippen LogP contribution in [0.1, 0.15) is 32.9 Å². The first-order valence-electron chi connectivity index (χ1n) is 9.80. The molecule has 5 aromatic rings. The van der Waals surface area contributed by atoms with Gasteiger partial charge in [0.2, 0.25) is 5.01 Å². The molecule has 31 heavy (non-hydrogen) atoms. The normalized spacial score (nSPS) is 15.9. The Morgan fingerprint density at radius 3 is 2.94 bits per heavy atom.